The van der Waals surface area contributed by atoms with E-state index in [4.69, 9.17) is 15.9 Å². The summed E-state index contributed by atoms with van der Waals surface area (Å²) in [4.78, 5) is 29.2. The topological polar surface area (TPSA) is 113 Å². The number of aromatic hydroxyl groups is 1. The molecule has 10 nitrogen and oxygen atoms in total. The smallest absolute Gasteiger partial charge is 0.406 e. The van der Waals surface area contributed by atoms with Crippen LogP contribution in [0.2, 0.25) is 0 Å². The van der Waals surface area contributed by atoms with Gasteiger partial charge in [0.25, 0.3) is 0 Å². The first-order valence-electron chi connectivity index (χ1n) is 15.8. The van der Waals surface area contributed by atoms with Gasteiger partial charge in [0, 0.05) is 36.8 Å². The number of rotatable bonds is 7. The second-order valence-corrected chi connectivity index (χ2v) is 12.4. The Morgan fingerprint density at radius 2 is 2.06 bits per heavy atom. The minimum atomic E-state index is -0.860. The number of carbonyl (C=O) groups excluding carboxylic acids is 1. The van der Waals surface area contributed by atoms with Crippen molar-refractivity contribution in [2.45, 2.75) is 43.7 Å². The summed E-state index contributed by atoms with van der Waals surface area (Å²) in [7, 11) is 1.51. The fourth-order valence-electron chi connectivity index (χ4n) is 7.38. The van der Waals surface area contributed by atoms with E-state index in [1.165, 1.54) is 43.6 Å². The molecule has 3 aliphatic rings. The van der Waals surface area contributed by atoms with Crippen LogP contribution in [0.3, 0.4) is 0 Å². The molecule has 2 fully saturated rings. The Labute approximate surface area is 274 Å². The van der Waals surface area contributed by atoms with Crippen LogP contribution in [-0.2, 0) is 4.74 Å². The zero-order valence-electron chi connectivity index (χ0n) is 26.2. The lowest BCUT2D eigenvalue weighted by Gasteiger charge is -2.34. The molecule has 2 saturated heterocycles. The Hall–Kier alpha value is -5.09. The number of anilines is 1. The van der Waals surface area contributed by atoms with Crippen molar-refractivity contribution in [3.8, 4) is 35.4 Å². The van der Waals surface area contributed by atoms with E-state index in [9.17, 15) is 18.7 Å². The molecule has 0 unspecified atom stereocenters. The third-order valence-electron chi connectivity index (χ3n) is 9.62. The molecule has 0 bridgehead atoms. The highest BCUT2D eigenvalue weighted by molar-refractivity contribution is 6.03. The van der Waals surface area contributed by atoms with Crippen LogP contribution in [-0.4, -0.2) is 82.5 Å². The number of alkyl carbamates (subject to hydrolysis) is 1. The number of hydrogen-bond acceptors (Lipinski definition) is 9. The number of amides is 1. The first-order chi connectivity index (χ1) is 23.2. The van der Waals surface area contributed by atoms with Crippen molar-refractivity contribution in [3.05, 3.63) is 59.6 Å². The van der Waals surface area contributed by atoms with E-state index in [0.29, 0.717) is 18.4 Å². The summed E-state index contributed by atoms with van der Waals surface area (Å²) < 4.78 is 57.7. The van der Waals surface area contributed by atoms with E-state index in [2.05, 4.69) is 31.1 Å². The number of phenolic OH excluding ortho intramolecular Hbond substituents is 1. The highest BCUT2D eigenvalue weighted by Crippen LogP contribution is 2.43. The second-order valence-electron chi connectivity index (χ2n) is 12.4. The highest BCUT2D eigenvalue weighted by atomic mass is 19.1. The van der Waals surface area contributed by atoms with Crippen molar-refractivity contribution in [1.29, 1.82) is 0 Å². The molecule has 2 aromatic heterocycles. The van der Waals surface area contributed by atoms with Crippen LogP contribution in [0.15, 0.2) is 42.4 Å². The molecule has 3 aliphatic heterocycles. The Kier molecular flexibility index (Phi) is 8.20. The monoisotopic (exact) mass is 658 g/mol. The number of ether oxygens (including phenoxy) is 2. The predicted molar refractivity (Wildman–Crippen MR) is 173 cm³/mol. The van der Waals surface area contributed by atoms with Gasteiger partial charge in [0.1, 0.15) is 47.6 Å². The quantitative estimate of drug-likeness (QED) is 0.245. The van der Waals surface area contributed by atoms with Gasteiger partial charge in [-0.15, -0.1) is 6.42 Å². The Morgan fingerprint density at radius 1 is 1.21 bits per heavy atom. The maximum atomic E-state index is 16.7. The van der Waals surface area contributed by atoms with Gasteiger partial charge in [-0.05, 0) is 68.3 Å². The Balaban J connectivity index is 1.30. The first kappa shape index (κ1) is 31.5. The highest BCUT2D eigenvalue weighted by Gasteiger charge is 2.50. The lowest BCUT2D eigenvalue weighted by Crippen LogP contribution is -2.48. The number of phenols is 1. The number of fused-ring (bicyclic) bond motifs is 3. The van der Waals surface area contributed by atoms with Crippen LogP contribution >= 0.6 is 0 Å². The van der Waals surface area contributed by atoms with E-state index in [0.717, 1.165) is 32.2 Å². The minimum absolute atomic E-state index is 0.0329. The minimum Gasteiger partial charge on any atom is -0.508 e. The zero-order valence-corrected chi connectivity index (χ0v) is 26.2. The third kappa shape index (κ3) is 5.49. The summed E-state index contributed by atoms with van der Waals surface area (Å²) in [5.41, 5.74) is -0.686. The molecule has 4 aromatic rings. The molecule has 0 radical (unpaired) electrons. The number of benzene rings is 2. The van der Waals surface area contributed by atoms with Crippen molar-refractivity contribution >= 4 is 33.6 Å². The fraction of sp³-hybridized carbons (Fsp3) is 0.371. The lowest BCUT2D eigenvalue weighted by atomic mass is 9.95. The molecule has 2 N–H and O–H groups in total. The van der Waals surface area contributed by atoms with Crippen LogP contribution in [0.5, 0.6) is 11.8 Å². The summed E-state index contributed by atoms with van der Waals surface area (Å²) in [6, 6.07) is 5.26. The van der Waals surface area contributed by atoms with E-state index < -0.39 is 17.7 Å². The van der Waals surface area contributed by atoms with Crippen molar-refractivity contribution < 1.29 is 32.5 Å². The maximum Gasteiger partial charge on any atom is 0.406 e. The van der Waals surface area contributed by atoms with Crippen LogP contribution in [0, 0.1) is 24.0 Å². The molecular weight excluding hydrogens is 625 g/mol. The van der Waals surface area contributed by atoms with Crippen molar-refractivity contribution in [2.24, 2.45) is 0 Å². The van der Waals surface area contributed by atoms with Gasteiger partial charge in [-0.1, -0.05) is 12.0 Å². The molecule has 1 amide bonds. The molecular formula is C35H33F3N6O4. The molecule has 248 valence electrons. The van der Waals surface area contributed by atoms with Crippen molar-refractivity contribution in [2.75, 3.05) is 44.8 Å². The van der Waals surface area contributed by atoms with E-state index in [-0.39, 0.29) is 87.9 Å². The number of nitrogens with one attached hydrogen (secondary N) is 1. The number of carbonyl (C=O) groups is 1. The van der Waals surface area contributed by atoms with Crippen LogP contribution in [0.4, 0.5) is 23.8 Å². The SMILES string of the molecule is C#Cc1c(F)ccc2cc(O)cc(-c3ncc4c(N5CCC=C(F)C5)nc(OC[C@]56CCCN5[C@@H](COC(=O)NC)CC6)nc4c3F)c12. The molecule has 2 atom stereocenters. The molecule has 2 aromatic carbocycles. The number of terminal acetylenes is 1. The second kappa shape index (κ2) is 12.5. The van der Waals surface area contributed by atoms with Crippen LogP contribution in [0.25, 0.3) is 32.9 Å². The van der Waals surface area contributed by atoms with Gasteiger partial charge in [0.15, 0.2) is 5.82 Å². The fourth-order valence-corrected chi connectivity index (χ4v) is 7.38. The summed E-state index contributed by atoms with van der Waals surface area (Å²) >= 11 is 0. The molecule has 0 spiro atoms. The van der Waals surface area contributed by atoms with Gasteiger partial charge < -0.3 is 24.8 Å². The van der Waals surface area contributed by atoms with E-state index in [1.807, 2.05) is 0 Å². The van der Waals surface area contributed by atoms with Crippen molar-refractivity contribution in [1.82, 2.24) is 25.2 Å². The Bertz CT molecular complexity index is 2020. The molecule has 48 heavy (non-hydrogen) atoms. The summed E-state index contributed by atoms with van der Waals surface area (Å²) in [5.74, 6) is 0.538. The average Bonchev–Trinajstić information content (AvgIpc) is 3.65. The molecule has 0 saturated carbocycles. The molecule has 13 heteroatoms. The largest absolute Gasteiger partial charge is 0.508 e. The standard InChI is InChI=1S/C35H33F3N6O4/c1-3-24-27(37)8-7-20-14-23(45)15-25(28(20)24)30-29(38)31-26(16-40-30)32(43-12-4-6-21(36)17-43)42-33(41-31)48-19-35-10-5-13-44(35)22(9-11-35)18-47-34(46)39-2/h1,6-8,14-16,22,45H,4-5,9-13,17-19H2,2H3,(H,39,46)/t22-,35-/m1/s1. The number of aromatic nitrogens is 3. The van der Waals surface area contributed by atoms with Gasteiger partial charge in [-0.3, -0.25) is 9.88 Å². The normalized spacial score (nSPS) is 20.9. The van der Waals surface area contributed by atoms with E-state index >= 15 is 4.39 Å². The number of nitrogens with zero attached hydrogens (tertiary/aromatic N) is 5. The zero-order chi connectivity index (χ0) is 33.6. The van der Waals surface area contributed by atoms with Gasteiger partial charge in [-0.25, -0.2) is 18.0 Å². The van der Waals surface area contributed by atoms with Crippen LogP contribution < -0.4 is 15.0 Å². The van der Waals surface area contributed by atoms with Gasteiger partial charge >= 0.3 is 12.1 Å². The number of hydrogen-bond donors (Lipinski definition) is 2. The Morgan fingerprint density at radius 3 is 2.85 bits per heavy atom. The molecule has 7 rings (SSSR count). The maximum absolute atomic E-state index is 16.7. The lowest BCUT2D eigenvalue weighted by molar-refractivity contribution is 0.0556. The van der Waals surface area contributed by atoms with Gasteiger partial charge in [-0.2, -0.15) is 9.97 Å². The van der Waals surface area contributed by atoms with Gasteiger partial charge in [0.05, 0.1) is 23.0 Å². The average molecular weight is 659 g/mol. The molecule has 0 aliphatic carbocycles. The van der Waals surface area contributed by atoms with E-state index in [1.54, 1.807) is 4.90 Å². The summed E-state index contributed by atoms with van der Waals surface area (Å²) in [5, 5.41) is 13.8. The summed E-state index contributed by atoms with van der Waals surface area (Å²) in [6.45, 7) is 1.64. The first-order valence-corrected chi connectivity index (χ1v) is 15.8. The van der Waals surface area contributed by atoms with Gasteiger partial charge in [0.2, 0.25) is 0 Å². The summed E-state index contributed by atoms with van der Waals surface area (Å²) in [6.07, 6.45) is 11.9. The molecule has 5 heterocycles. The predicted octanol–water partition coefficient (Wildman–Crippen LogP) is 5.61. The number of pyridine rings is 1. The third-order valence-corrected chi connectivity index (χ3v) is 9.62. The van der Waals surface area contributed by atoms with Crippen LogP contribution in [0.1, 0.15) is 37.7 Å². The number of halogens is 3. The van der Waals surface area contributed by atoms with Crippen molar-refractivity contribution in [3.63, 3.8) is 0 Å².